The molecule has 0 aromatic heterocycles. The molecule has 4 atom stereocenters. The van der Waals surface area contributed by atoms with Gasteiger partial charge in [-0.15, -0.1) is 0 Å². The zero-order chi connectivity index (χ0) is 14.0. The number of benzene rings is 2. The summed E-state index contributed by atoms with van der Waals surface area (Å²) in [7, 11) is 0. The van der Waals surface area contributed by atoms with E-state index in [1.54, 1.807) is 0 Å². The number of hydrogen-bond acceptors (Lipinski definition) is 1. The highest BCUT2D eigenvalue weighted by Crippen LogP contribution is 2.62. The molecule has 104 valence electrons. The molecule has 0 spiro atoms. The highest BCUT2D eigenvalue weighted by molar-refractivity contribution is 6.05. The Kier molecular flexibility index (Phi) is 2.27. The molecule has 0 aliphatic heterocycles. The normalized spacial score (nSPS) is 32.3. The van der Waals surface area contributed by atoms with Gasteiger partial charge in [-0.3, -0.25) is 4.79 Å². The Morgan fingerprint density at radius 1 is 0.762 bits per heavy atom. The van der Waals surface area contributed by atoms with E-state index in [4.69, 9.17) is 0 Å². The number of carbonyl (C=O) groups excluding carboxylic acids is 1. The van der Waals surface area contributed by atoms with Crippen LogP contribution in [0.15, 0.2) is 48.5 Å². The maximum atomic E-state index is 12.9. The molecular formula is C20H18O. The van der Waals surface area contributed by atoms with Crippen LogP contribution >= 0.6 is 0 Å². The van der Waals surface area contributed by atoms with Crippen molar-refractivity contribution >= 4 is 5.78 Å². The van der Waals surface area contributed by atoms with E-state index in [1.165, 1.54) is 36.0 Å². The summed E-state index contributed by atoms with van der Waals surface area (Å²) in [5.74, 6) is 2.63. The van der Waals surface area contributed by atoms with Crippen LogP contribution in [-0.4, -0.2) is 5.78 Å². The third kappa shape index (κ3) is 1.44. The number of fused-ring (bicyclic) bond motifs is 7. The molecule has 0 amide bonds. The van der Waals surface area contributed by atoms with Gasteiger partial charge in [-0.25, -0.2) is 0 Å². The lowest BCUT2D eigenvalue weighted by Gasteiger charge is -2.25. The minimum Gasteiger partial charge on any atom is -0.294 e. The van der Waals surface area contributed by atoms with E-state index in [2.05, 4.69) is 48.5 Å². The van der Waals surface area contributed by atoms with Crippen molar-refractivity contribution in [2.24, 2.45) is 17.8 Å². The third-order valence-corrected chi connectivity index (χ3v) is 6.01. The first-order chi connectivity index (χ1) is 10.3. The molecule has 1 heteroatoms. The van der Waals surface area contributed by atoms with Gasteiger partial charge in [0.1, 0.15) is 0 Å². The number of carbonyl (C=O) groups is 1. The van der Waals surface area contributed by atoms with E-state index < -0.39 is 0 Å². The van der Waals surface area contributed by atoms with Crippen LogP contribution in [0.25, 0.3) is 11.1 Å². The Labute approximate surface area is 125 Å². The number of Topliss-reactive ketones (excluding diaryl/α,β-unsaturated/α-hetero) is 1. The van der Waals surface area contributed by atoms with Crippen molar-refractivity contribution in [2.45, 2.75) is 25.2 Å². The number of ketones is 1. The van der Waals surface area contributed by atoms with Crippen LogP contribution in [0.3, 0.4) is 0 Å². The molecule has 5 rings (SSSR count). The van der Waals surface area contributed by atoms with Gasteiger partial charge in [0.2, 0.25) is 0 Å². The summed E-state index contributed by atoms with van der Waals surface area (Å²) < 4.78 is 0. The van der Waals surface area contributed by atoms with Crippen molar-refractivity contribution in [1.82, 2.24) is 0 Å². The predicted octanol–water partition coefficient (Wildman–Crippen LogP) is 4.68. The van der Waals surface area contributed by atoms with Gasteiger partial charge in [-0.1, -0.05) is 48.5 Å². The molecule has 2 saturated carbocycles. The second-order valence-electron chi connectivity index (χ2n) is 6.88. The van der Waals surface area contributed by atoms with Crippen molar-refractivity contribution in [1.29, 1.82) is 0 Å². The lowest BCUT2D eigenvalue weighted by atomic mass is 9.78. The van der Waals surface area contributed by atoms with Gasteiger partial charge >= 0.3 is 0 Å². The summed E-state index contributed by atoms with van der Waals surface area (Å²) in [4.78, 5) is 12.9. The topological polar surface area (TPSA) is 17.1 Å². The Balaban J connectivity index is 1.74. The zero-order valence-electron chi connectivity index (χ0n) is 12.0. The zero-order valence-corrected chi connectivity index (χ0v) is 12.0. The second kappa shape index (κ2) is 4.07. The lowest BCUT2D eigenvalue weighted by molar-refractivity contribution is 0.0883. The second-order valence-corrected chi connectivity index (χ2v) is 6.88. The minimum atomic E-state index is 0.295. The fourth-order valence-electron chi connectivity index (χ4n) is 5.27. The van der Waals surface area contributed by atoms with Crippen molar-refractivity contribution < 1.29 is 4.79 Å². The first kappa shape index (κ1) is 11.7. The fourth-order valence-corrected chi connectivity index (χ4v) is 5.27. The molecule has 3 aliphatic carbocycles. The van der Waals surface area contributed by atoms with E-state index >= 15 is 0 Å². The molecule has 2 bridgehead atoms. The summed E-state index contributed by atoms with van der Waals surface area (Å²) in [6.45, 7) is 0. The summed E-state index contributed by atoms with van der Waals surface area (Å²) in [6, 6.07) is 16.9. The van der Waals surface area contributed by atoms with Crippen LogP contribution < -0.4 is 0 Å². The molecule has 0 radical (unpaired) electrons. The first-order valence-electron chi connectivity index (χ1n) is 8.07. The van der Waals surface area contributed by atoms with Gasteiger partial charge in [-0.05, 0) is 53.7 Å². The Hall–Kier alpha value is -1.89. The summed E-state index contributed by atoms with van der Waals surface area (Å²) in [6.07, 6.45) is 3.87. The Bertz CT molecular complexity index is 731. The molecule has 1 nitrogen and oxygen atoms in total. The fraction of sp³-hybridized carbons (Fsp3) is 0.350. The standard InChI is InChI=1S/C20H18O/c21-20-16-8-4-7-15(12-5-2-1-3-6-12)19(16)17-13-9-10-14(11-13)18(17)20/h1-8,13-14,17-18H,9-11H2/t13-,14+,17+,18-/m0/s1. The van der Waals surface area contributed by atoms with E-state index in [-0.39, 0.29) is 0 Å². The lowest BCUT2D eigenvalue weighted by Crippen LogP contribution is -2.20. The largest absolute Gasteiger partial charge is 0.294 e. The van der Waals surface area contributed by atoms with Crippen LogP contribution in [0, 0.1) is 17.8 Å². The van der Waals surface area contributed by atoms with Gasteiger partial charge in [0, 0.05) is 11.5 Å². The maximum absolute atomic E-state index is 12.9. The first-order valence-corrected chi connectivity index (χ1v) is 8.07. The van der Waals surface area contributed by atoms with Crippen LogP contribution in [0.1, 0.15) is 41.1 Å². The number of hydrogen-bond donors (Lipinski definition) is 0. The molecule has 0 heterocycles. The Morgan fingerprint density at radius 3 is 2.29 bits per heavy atom. The van der Waals surface area contributed by atoms with Gasteiger partial charge in [0.05, 0.1) is 0 Å². The van der Waals surface area contributed by atoms with Gasteiger partial charge in [0.25, 0.3) is 0 Å². The van der Waals surface area contributed by atoms with E-state index in [0.717, 1.165) is 11.5 Å². The molecule has 21 heavy (non-hydrogen) atoms. The average molecular weight is 274 g/mol. The molecule has 2 aromatic carbocycles. The molecule has 0 N–H and O–H groups in total. The smallest absolute Gasteiger partial charge is 0.167 e. The third-order valence-electron chi connectivity index (χ3n) is 6.01. The van der Waals surface area contributed by atoms with Crippen molar-refractivity contribution in [3.05, 3.63) is 59.7 Å². The highest BCUT2D eigenvalue weighted by Gasteiger charge is 2.56. The van der Waals surface area contributed by atoms with Crippen molar-refractivity contribution in [2.75, 3.05) is 0 Å². The summed E-state index contributed by atoms with van der Waals surface area (Å²) >= 11 is 0. The summed E-state index contributed by atoms with van der Waals surface area (Å²) in [5.41, 5.74) is 4.93. The van der Waals surface area contributed by atoms with E-state index in [1.807, 2.05) is 0 Å². The molecule has 0 unspecified atom stereocenters. The molecule has 2 fully saturated rings. The van der Waals surface area contributed by atoms with Gasteiger partial charge in [0.15, 0.2) is 5.78 Å². The molecule has 0 saturated heterocycles. The van der Waals surface area contributed by atoms with E-state index in [9.17, 15) is 4.79 Å². The van der Waals surface area contributed by atoms with Crippen LogP contribution in [0.4, 0.5) is 0 Å². The Morgan fingerprint density at radius 2 is 1.48 bits per heavy atom. The molecule has 2 aromatic rings. The van der Waals surface area contributed by atoms with Crippen molar-refractivity contribution in [3.63, 3.8) is 0 Å². The van der Waals surface area contributed by atoms with Gasteiger partial charge < -0.3 is 0 Å². The monoisotopic (exact) mass is 274 g/mol. The molecule has 3 aliphatic rings. The quantitative estimate of drug-likeness (QED) is 0.738. The SMILES string of the molecule is O=C1c2cccc(-c3ccccc3)c2[C@@H]2[C@H]3CC[C@H](C3)[C@H]12. The van der Waals surface area contributed by atoms with E-state index in [0.29, 0.717) is 23.5 Å². The predicted molar refractivity (Wildman–Crippen MR) is 83.3 cm³/mol. The summed E-state index contributed by atoms with van der Waals surface area (Å²) in [5, 5.41) is 0. The van der Waals surface area contributed by atoms with Crippen LogP contribution in [0.2, 0.25) is 0 Å². The maximum Gasteiger partial charge on any atom is 0.167 e. The van der Waals surface area contributed by atoms with Gasteiger partial charge in [-0.2, -0.15) is 0 Å². The minimum absolute atomic E-state index is 0.295. The molecular weight excluding hydrogens is 256 g/mol. The average Bonchev–Trinajstić information content (AvgIpc) is 3.21. The highest BCUT2D eigenvalue weighted by atomic mass is 16.1. The van der Waals surface area contributed by atoms with Crippen LogP contribution in [-0.2, 0) is 0 Å². The number of rotatable bonds is 1. The van der Waals surface area contributed by atoms with Crippen molar-refractivity contribution in [3.8, 4) is 11.1 Å². The van der Waals surface area contributed by atoms with Crippen LogP contribution in [0.5, 0.6) is 0 Å².